The van der Waals surface area contributed by atoms with E-state index in [1.165, 1.54) is 11.3 Å². The zero-order valence-corrected chi connectivity index (χ0v) is 28.4. The van der Waals surface area contributed by atoms with Crippen LogP contribution in [0.15, 0.2) is 119 Å². The van der Waals surface area contributed by atoms with Crippen LogP contribution in [0.2, 0.25) is 10.0 Å². The normalized spacial score (nSPS) is 14.6. The van der Waals surface area contributed by atoms with Crippen LogP contribution in [0.1, 0.15) is 35.2 Å². The van der Waals surface area contributed by atoms with Gasteiger partial charge in [0.15, 0.2) is 4.80 Å². The van der Waals surface area contributed by atoms with E-state index in [-0.39, 0.29) is 17.7 Å². The van der Waals surface area contributed by atoms with Gasteiger partial charge in [0.1, 0.15) is 5.75 Å². The summed E-state index contributed by atoms with van der Waals surface area (Å²) in [6.07, 6.45) is 3.93. The standard InChI is InChI=1S/C38H29Cl2N3O4S/c1-3-47-37(45)33-34(24-10-5-4-6-11-24)41-38-43(35(33)25-12-9-13-27(19-25)46-2)36(44)32(48-38)20-26-22-42(31-15-8-7-14-28(26)31)21-23-16-17-29(39)30(40)18-23/h4-20,22,35H,3,21H2,1-2H3/b32-20+/t35-/m0/s1. The van der Waals surface area contributed by atoms with E-state index in [4.69, 9.17) is 37.7 Å². The van der Waals surface area contributed by atoms with Crippen LogP contribution in [-0.2, 0) is 16.1 Å². The number of nitrogens with zero attached hydrogens (tertiary/aromatic N) is 3. The Morgan fingerprint density at radius 1 is 0.958 bits per heavy atom. The minimum absolute atomic E-state index is 0.173. The van der Waals surface area contributed by atoms with Crippen molar-refractivity contribution in [1.29, 1.82) is 0 Å². The van der Waals surface area contributed by atoms with Crippen LogP contribution in [0.25, 0.3) is 22.7 Å². The van der Waals surface area contributed by atoms with Gasteiger partial charge in [0, 0.05) is 34.8 Å². The third kappa shape index (κ3) is 5.87. The number of carbonyl (C=O) groups is 1. The largest absolute Gasteiger partial charge is 0.497 e. The first-order valence-electron chi connectivity index (χ1n) is 15.3. The number of carbonyl (C=O) groups excluding carboxylic acids is 1. The molecule has 4 aromatic carbocycles. The summed E-state index contributed by atoms with van der Waals surface area (Å²) in [6.45, 7) is 2.49. The lowest BCUT2D eigenvalue weighted by atomic mass is 9.93. The predicted octanol–water partition coefficient (Wildman–Crippen LogP) is 7.25. The van der Waals surface area contributed by atoms with Crippen LogP contribution in [-0.4, -0.2) is 28.8 Å². The quantitative estimate of drug-likeness (QED) is 0.157. The van der Waals surface area contributed by atoms with Crippen LogP contribution in [0, 0.1) is 0 Å². The zero-order valence-electron chi connectivity index (χ0n) is 26.0. The fourth-order valence-corrected chi connectivity index (χ4v) is 7.38. The van der Waals surface area contributed by atoms with Gasteiger partial charge in [0.2, 0.25) is 0 Å². The fraction of sp³-hybridized carbons (Fsp3) is 0.132. The molecule has 0 saturated heterocycles. The Morgan fingerprint density at radius 3 is 2.52 bits per heavy atom. The molecule has 240 valence electrons. The first-order valence-corrected chi connectivity index (χ1v) is 16.9. The van der Waals surface area contributed by atoms with Gasteiger partial charge in [-0.3, -0.25) is 9.36 Å². The van der Waals surface area contributed by atoms with E-state index < -0.39 is 12.0 Å². The van der Waals surface area contributed by atoms with E-state index in [0.717, 1.165) is 27.6 Å². The van der Waals surface area contributed by atoms with Crippen molar-refractivity contribution in [3.63, 3.8) is 0 Å². The van der Waals surface area contributed by atoms with E-state index in [0.29, 0.717) is 42.9 Å². The number of thiazole rings is 1. The number of para-hydroxylation sites is 1. The summed E-state index contributed by atoms with van der Waals surface area (Å²) < 4.78 is 15.3. The number of hydrogen-bond donors (Lipinski definition) is 0. The van der Waals surface area contributed by atoms with E-state index in [1.54, 1.807) is 24.7 Å². The molecule has 0 amide bonds. The first-order chi connectivity index (χ1) is 23.4. The van der Waals surface area contributed by atoms with E-state index in [9.17, 15) is 9.59 Å². The molecule has 0 fully saturated rings. The molecule has 6 aromatic rings. The summed E-state index contributed by atoms with van der Waals surface area (Å²) in [6, 6.07) is 29.7. The van der Waals surface area contributed by atoms with Gasteiger partial charge in [-0.25, -0.2) is 9.79 Å². The predicted molar refractivity (Wildman–Crippen MR) is 192 cm³/mol. The molecule has 0 spiro atoms. The molecule has 48 heavy (non-hydrogen) atoms. The van der Waals surface area contributed by atoms with Crippen molar-refractivity contribution >= 4 is 63.2 Å². The molecular formula is C38H29Cl2N3O4S. The Kier molecular flexibility index (Phi) is 8.79. The van der Waals surface area contributed by atoms with Crippen molar-refractivity contribution in [3.8, 4) is 5.75 Å². The third-order valence-corrected chi connectivity index (χ3v) is 9.95. The molecule has 0 bridgehead atoms. The van der Waals surface area contributed by atoms with Crippen molar-refractivity contribution in [3.05, 3.63) is 161 Å². The average molecular weight is 695 g/mol. The Morgan fingerprint density at radius 2 is 1.75 bits per heavy atom. The number of halogens is 2. The van der Waals surface area contributed by atoms with Crippen LogP contribution in [0.5, 0.6) is 5.75 Å². The number of aromatic nitrogens is 2. The van der Waals surface area contributed by atoms with Gasteiger partial charge in [-0.1, -0.05) is 101 Å². The van der Waals surface area contributed by atoms with Crippen LogP contribution in [0.3, 0.4) is 0 Å². The van der Waals surface area contributed by atoms with Gasteiger partial charge in [-0.2, -0.15) is 0 Å². The van der Waals surface area contributed by atoms with E-state index in [2.05, 4.69) is 4.57 Å². The number of fused-ring (bicyclic) bond motifs is 2. The van der Waals surface area contributed by atoms with Crippen LogP contribution >= 0.6 is 34.5 Å². The number of esters is 1. The Bertz CT molecular complexity index is 2410. The van der Waals surface area contributed by atoms with Gasteiger partial charge in [0.05, 0.1) is 45.6 Å². The highest BCUT2D eigenvalue weighted by atomic mass is 35.5. The summed E-state index contributed by atoms with van der Waals surface area (Å²) in [5, 5.41) is 1.99. The molecule has 2 aromatic heterocycles. The summed E-state index contributed by atoms with van der Waals surface area (Å²) in [5.74, 6) is 0.0680. The maximum absolute atomic E-state index is 14.5. The smallest absolute Gasteiger partial charge is 0.338 e. The molecule has 0 aliphatic carbocycles. The lowest BCUT2D eigenvalue weighted by Gasteiger charge is -2.26. The Hall–Kier alpha value is -4.89. The monoisotopic (exact) mass is 693 g/mol. The highest BCUT2D eigenvalue weighted by Crippen LogP contribution is 2.36. The second kappa shape index (κ2) is 13.3. The minimum Gasteiger partial charge on any atom is -0.497 e. The molecule has 1 atom stereocenters. The Labute approximate surface area is 290 Å². The van der Waals surface area contributed by atoms with Crippen LogP contribution < -0.4 is 19.6 Å². The maximum atomic E-state index is 14.5. The van der Waals surface area contributed by atoms with Crippen molar-refractivity contribution in [1.82, 2.24) is 9.13 Å². The summed E-state index contributed by atoms with van der Waals surface area (Å²) in [5.41, 5.74) is 4.81. The molecule has 1 aliphatic heterocycles. The number of benzene rings is 4. The van der Waals surface area contributed by atoms with Gasteiger partial charge >= 0.3 is 5.97 Å². The number of methoxy groups -OCH3 is 1. The lowest BCUT2D eigenvalue weighted by molar-refractivity contribution is -0.138. The maximum Gasteiger partial charge on any atom is 0.338 e. The molecule has 7 rings (SSSR count). The topological polar surface area (TPSA) is 74.8 Å². The average Bonchev–Trinajstić information content (AvgIpc) is 3.61. The minimum atomic E-state index is -0.802. The molecule has 1 aliphatic rings. The van der Waals surface area contributed by atoms with Crippen molar-refractivity contribution in [2.45, 2.75) is 19.5 Å². The van der Waals surface area contributed by atoms with Crippen molar-refractivity contribution in [2.75, 3.05) is 13.7 Å². The molecule has 0 N–H and O–H groups in total. The van der Waals surface area contributed by atoms with Gasteiger partial charge < -0.3 is 14.0 Å². The fourth-order valence-electron chi connectivity index (χ4n) is 6.06. The summed E-state index contributed by atoms with van der Waals surface area (Å²) >= 11 is 13.8. The van der Waals surface area contributed by atoms with E-state index >= 15 is 0 Å². The van der Waals surface area contributed by atoms with Crippen molar-refractivity contribution < 1.29 is 14.3 Å². The molecule has 0 unspecified atom stereocenters. The SMILES string of the molecule is CCOC(=O)C1=C(c2ccccc2)N=c2s/c(=C/c3cn(Cc4ccc(Cl)c(Cl)c4)c4ccccc34)c(=O)n2[C@H]1c1cccc(OC)c1. The molecular weight excluding hydrogens is 665 g/mol. The summed E-state index contributed by atoms with van der Waals surface area (Å²) in [4.78, 5) is 33.7. The Balaban J connectivity index is 1.44. The summed E-state index contributed by atoms with van der Waals surface area (Å²) in [7, 11) is 1.58. The molecule has 7 nitrogen and oxygen atoms in total. The molecule has 0 radical (unpaired) electrons. The second-order valence-electron chi connectivity index (χ2n) is 11.2. The number of ether oxygens (including phenoxy) is 2. The lowest BCUT2D eigenvalue weighted by Crippen LogP contribution is -2.40. The second-order valence-corrected chi connectivity index (χ2v) is 13.0. The van der Waals surface area contributed by atoms with E-state index in [1.807, 2.05) is 103 Å². The molecule has 3 heterocycles. The number of hydrogen-bond acceptors (Lipinski definition) is 6. The first kappa shape index (κ1) is 31.7. The zero-order chi connectivity index (χ0) is 33.4. The third-order valence-electron chi connectivity index (χ3n) is 8.23. The molecule has 10 heteroatoms. The highest BCUT2D eigenvalue weighted by molar-refractivity contribution is 7.07. The van der Waals surface area contributed by atoms with Gasteiger partial charge in [-0.15, -0.1) is 0 Å². The van der Waals surface area contributed by atoms with Gasteiger partial charge in [-0.05, 0) is 54.5 Å². The van der Waals surface area contributed by atoms with Crippen LogP contribution in [0.4, 0.5) is 0 Å². The highest BCUT2D eigenvalue weighted by Gasteiger charge is 2.35. The number of rotatable bonds is 8. The molecule has 0 saturated carbocycles. The van der Waals surface area contributed by atoms with Gasteiger partial charge in [0.25, 0.3) is 5.56 Å². The van der Waals surface area contributed by atoms with Crippen molar-refractivity contribution in [2.24, 2.45) is 4.99 Å².